The summed E-state index contributed by atoms with van der Waals surface area (Å²) >= 11 is 0. The van der Waals surface area contributed by atoms with Crippen molar-refractivity contribution < 1.29 is 77.8 Å². The second kappa shape index (κ2) is 25.1. The van der Waals surface area contributed by atoms with Crippen LogP contribution in [-0.4, -0.2) is 77.8 Å². The third-order valence-corrected chi connectivity index (χ3v) is 13.1. The van der Waals surface area contributed by atoms with E-state index < -0.39 is 60.7 Å². The fourth-order valence-electron chi connectivity index (χ4n) is 4.26. The Kier molecular flexibility index (Phi) is 22.3. The molecular weight excluding hydrogens is 985 g/mol. The van der Waals surface area contributed by atoms with E-state index in [0.29, 0.717) is 0 Å². The Hall–Kier alpha value is -5.22. The monoisotopic (exact) mass is 1030 g/mol. The Morgan fingerprint density at radius 3 is 0.333 bits per heavy atom. The third kappa shape index (κ3) is 23.8. The minimum absolute atomic E-state index is 0.0666. The van der Waals surface area contributed by atoms with Crippen LogP contribution in [-0.2, 0) is 60.7 Å². The third-order valence-electron chi connectivity index (χ3n) is 7.91. The lowest BCUT2D eigenvalue weighted by atomic mass is 10.2. The van der Waals surface area contributed by atoms with Crippen molar-refractivity contribution in [2.45, 2.75) is 70.9 Å². The van der Waals surface area contributed by atoms with Crippen LogP contribution < -0.4 is 0 Å². The van der Waals surface area contributed by atoms with Crippen molar-refractivity contribution in [1.82, 2.24) is 0 Å². The number of benzene rings is 6. The minimum Gasteiger partial charge on any atom is -0.282 e. The van der Waals surface area contributed by atoms with Crippen LogP contribution in [0, 0.1) is 41.5 Å². The average molecular weight is 1030 g/mol. The molecule has 0 radical (unpaired) electrons. The van der Waals surface area contributed by atoms with Crippen LogP contribution in [0.25, 0.3) is 0 Å². The molecule has 0 heterocycles. The normalized spacial score (nSPS) is 11.5. The van der Waals surface area contributed by atoms with Crippen LogP contribution in [0.4, 0.5) is 0 Å². The molecule has 6 rings (SSSR count). The lowest BCUT2D eigenvalue weighted by Crippen LogP contribution is -1.96. The lowest BCUT2D eigenvalue weighted by molar-refractivity contribution is 0.481. The first-order valence-electron chi connectivity index (χ1n) is 18.2. The second-order valence-corrected chi connectivity index (χ2v) is 22.3. The maximum atomic E-state index is 10.5. The molecule has 360 valence electrons. The lowest BCUT2D eigenvalue weighted by Gasteiger charge is -1.95. The van der Waals surface area contributed by atoms with E-state index in [-0.39, 0.29) is 29.4 Å². The maximum Gasteiger partial charge on any atom is 0.294 e. The van der Waals surface area contributed by atoms with Crippen LogP contribution >= 0.6 is 0 Å². The molecule has 0 saturated heterocycles. The van der Waals surface area contributed by atoms with Gasteiger partial charge in [-0.1, -0.05) is 106 Å². The van der Waals surface area contributed by atoms with Gasteiger partial charge in [-0.05, 0) is 114 Å². The van der Waals surface area contributed by atoms with E-state index in [0.717, 1.165) is 33.4 Å². The minimum atomic E-state index is -4.02. The Morgan fingerprint density at radius 2 is 0.273 bits per heavy atom. The molecule has 0 bridgehead atoms. The van der Waals surface area contributed by atoms with E-state index in [1.165, 1.54) is 72.8 Å². The molecule has 6 aromatic carbocycles. The SMILES string of the molecule is Cc1ccc(S(=O)(=O)O)cc1.Cc1ccc(S(=O)(=O)O)cc1.Cc1ccc(S(=O)(=O)O)cc1.Cc1ccc(S(=O)(=O)O)cc1.Cc1ccc(S(=O)(=O)O)cc1.Cc1ccc(S(=O)(=O)O)cc1. The summed E-state index contributed by atoms with van der Waals surface area (Å²) in [6.07, 6.45) is 0. The highest BCUT2D eigenvalue weighted by atomic mass is 32.2. The quantitative estimate of drug-likeness (QED) is 0.0882. The van der Waals surface area contributed by atoms with Crippen molar-refractivity contribution in [3.05, 3.63) is 179 Å². The Balaban J connectivity index is 0.000000396. The topological polar surface area (TPSA) is 326 Å². The molecule has 0 unspecified atom stereocenters. The zero-order chi connectivity index (χ0) is 50.9. The van der Waals surface area contributed by atoms with E-state index in [1.54, 1.807) is 72.8 Å². The fraction of sp³-hybridized carbons (Fsp3) is 0.143. The summed E-state index contributed by atoms with van der Waals surface area (Å²) < 4.78 is 177. The fourth-order valence-corrected chi connectivity index (χ4v) is 7.14. The van der Waals surface area contributed by atoms with Crippen LogP contribution in [0.5, 0.6) is 0 Å². The molecule has 0 aliphatic heterocycles. The molecule has 0 atom stereocenters. The van der Waals surface area contributed by atoms with Crippen molar-refractivity contribution >= 4 is 60.7 Å². The van der Waals surface area contributed by atoms with Gasteiger partial charge in [0, 0.05) is 0 Å². The molecule has 0 aliphatic carbocycles. The van der Waals surface area contributed by atoms with Gasteiger partial charge in [0.2, 0.25) is 0 Å². The number of rotatable bonds is 6. The molecule has 0 saturated carbocycles. The van der Waals surface area contributed by atoms with E-state index in [2.05, 4.69) is 0 Å². The number of hydrogen-bond donors (Lipinski definition) is 6. The van der Waals surface area contributed by atoms with Crippen LogP contribution in [0.3, 0.4) is 0 Å². The van der Waals surface area contributed by atoms with Crippen molar-refractivity contribution in [3.8, 4) is 0 Å². The molecule has 18 nitrogen and oxygen atoms in total. The van der Waals surface area contributed by atoms with Crippen LogP contribution in [0.15, 0.2) is 175 Å². The predicted octanol–water partition coefficient (Wildman–Crippen LogP) is 7.45. The van der Waals surface area contributed by atoms with Gasteiger partial charge in [0.25, 0.3) is 60.7 Å². The van der Waals surface area contributed by atoms with E-state index in [1.807, 2.05) is 41.5 Å². The van der Waals surface area contributed by atoms with Gasteiger partial charge in [0.05, 0.1) is 29.4 Å². The second-order valence-electron chi connectivity index (χ2n) is 13.7. The largest absolute Gasteiger partial charge is 0.294 e. The molecular formula is C42H48O18S6. The Labute approximate surface area is 386 Å². The molecule has 6 aromatic rings. The summed E-state index contributed by atoms with van der Waals surface area (Å²) in [6, 6.07) is 35.9. The molecule has 6 N–H and O–H groups in total. The molecule has 0 spiro atoms. The predicted molar refractivity (Wildman–Crippen MR) is 246 cm³/mol. The number of hydrogen-bond acceptors (Lipinski definition) is 12. The van der Waals surface area contributed by atoms with Gasteiger partial charge in [-0.15, -0.1) is 0 Å². The molecule has 0 fully saturated rings. The van der Waals surface area contributed by atoms with Crippen LogP contribution in [0.1, 0.15) is 33.4 Å². The zero-order valence-corrected chi connectivity index (χ0v) is 40.8. The van der Waals surface area contributed by atoms with Gasteiger partial charge < -0.3 is 0 Å². The van der Waals surface area contributed by atoms with Crippen molar-refractivity contribution in [2.24, 2.45) is 0 Å². The summed E-state index contributed by atoms with van der Waals surface area (Å²) in [5, 5.41) is 0. The van der Waals surface area contributed by atoms with E-state index in [4.69, 9.17) is 27.3 Å². The van der Waals surface area contributed by atoms with Gasteiger partial charge in [0.15, 0.2) is 0 Å². The summed E-state index contributed by atoms with van der Waals surface area (Å²) in [5.74, 6) is 0. The molecule has 66 heavy (non-hydrogen) atoms. The first kappa shape index (κ1) is 58.8. The van der Waals surface area contributed by atoms with E-state index in [9.17, 15) is 50.5 Å². The van der Waals surface area contributed by atoms with E-state index >= 15 is 0 Å². The average Bonchev–Trinajstić information content (AvgIpc) is 3.18. The summed E-state index contributed by atoms with van der Waals surface area (Å²) in [4.78, 5) is -0.399. The van der Waals surface area contributed by atoms with Crippen molar-refractivity contribution in [3.63, 3.8) is 0 Å². The van der Waals surface area contributed by atoms with Gasteiger partial charge in [-0.3, -0.25) is 27.3 Å². The molecule has 0 aromatic heterocycles. The van der Waals surface area contributed by atoms with Gasteiger partial charge in [-0.2, -0.15) is 50.5 Å². The Morgan fingerprint density at radius 1 is 0.197 bits per heavy atom. The molecule has 0 amide bonds. The van der Waals surface area contributed by atoms with Gasteiger partial charge in [-0.25, -0.2) is 0 Å². The summed E-state index contributed by atoms with van der Waals surface area (Å²) in [5.41, 5.74) is 5.74. The highest BCUT2D eigenvalue weighted by Crippen LogP contribution is 2.13. The standard InChI is InChI=1S/6C7H8O3S/c6*1-6-2-4-7(5-3-6)11(8,9)10/h6*2-5H,1H3,(H,8,9,10). The maximum absolute atomic E-state index is 10.5. The smallest absolute Gasteiger partial charge is 0.282 e. The summed E-state index contributed by atoms with van der Waals surface area (Å²) in [7, 11) is -24.1. The van der Waals surface area contributed by atoms with Gasteiger partial charge >= 0.3 is 0 Å². The van der Waals surface area contributed by atoms with Gasteiger partial charge in [0.1, 0.15) is 0 Å². The van der Waals surface area contributed by atoms with Crippen molar-refractivity contribution in [1.29, 1.82) is 0 Å². The van der Waals surface area contributed by atoms with Crippen LogP contribution in [0.2, 0.25) is 0 Å². The Bertz CT molecular complexity index is 2590. The molecule has 0 aliphatic rings. The first-order chi connectivity index (χ1) is 30.0. The zero-order valence-electron chi connectivity index (χ0n) is 35.9. The number of aryl methyl sites for hydroxylation is 6. The van der Waals surface area contributed by atoms with Crippen molar-refractivity contribution in [2.75, 3.05) is 0 Å². The summed E-state index contributed by atoms with van der Waals surface area (Å²) in [6.45, 7) is 11.0. The first-order valence-corrected chi connectivity index (χ1v) is 26.9. The highest BCUT2D eigenvalue weighted by molar-refractivity contribution is 7.87. The molecule has 24 heteroatoms. The highest BCUT2D eigenvalue weighted by Gasteiger charge is 2.10.